The highest BCUT2D eigenvalue weighted by molar-refractivity contribution is 5.96. The second kappa shape index (κ2) is 10.9. The van der Waals surface area contributed by atoms with E-state index in [1.54, 1.807) is 43.3 Å². The first-order chi connectivity index (χ1) is 14.3. The van der Waals surface area contributed by atoms with E-state index in [4.69, 9.17) is 9.47 Å². The fraction of sp³-hybridized carbons (Fsp3) is 0.318. The Balaban J connectivity index is 1.78. The number of carbonyl (C=O) groups excluding carboxylic acids is 3. The molecular weight excluding hydrogens is 391 g/mol. The monoisotopic (exact) mass is 416 g/mol. The van der Waals surface area contributed by atoms with Crippen molar-refractivity contribution in [1.82, 2.24) is 10.6 Å². The smallest absolute Gasteiger partial charge is 0.326 e. The Hall–Kier alpha value is -3.42. The Kier molecular flexibility index (Phi) is 8.34. The van der Waals surface area contributed by atoms with Gasteiger partial charge in [0.15, 0.2) is 6.10 Å². The summed E-state index contributed by atoms with van der Waals surface area (Å²) in [6.45, 7) is 5.16. The van der Waals surface area contributed by atoms with Crippen LogP contribution in [-0.2, 0) is 14.3 Å². The summed E-state index contributed by atoms with van der Waals surface area (Å²) >= 11 is 0. The number of hydrogen-bond acceptors (Lipinski definition) is 5. The third kappa shape index (κ3) is 6.88. The zero-order valence-electron chi connectivity index (χ0n) is 17.1. The van der Waals surface area contributed by atoms with E-state index in [0.29, 0.717) is 23.5 Å². The van der Waals surface area contributed by atoms with Gasteiger partial charge >= 0.3 is 5.97 Å². The van der Waals surface area contributed by atoms with Crippen molar-refractivity contribution in [2.75, 3.05) is 13.2 Å². The zero-order valence-corrected chi connectivity index (χ0v) is 17.1. The van der Waals surface area contributed by atoms with Gasteiger partial charge in [-0.2, -0.15) is 0 Å². The fourth-order valence-corrected chi connectivity index (χ4v) is 2.58. The van der Waals surface area contributed by atoms with Crippen LogP contribution in [0.1, 0.15) is 42.7 Å². The largest absolute Gasteiger partial charge is 0.494 e. The second-order valence-corrected chi connectivity index (χ2v) is 6.55. The van der Waals surface area contributed by atoms with Crippen molar-refractivity contribution in [3.63, 3.8) is 0 Å². The number of amides is 2. The number of rotatable bonds is 9. The molecule has 0 spiro atoms. The second-order valence-electron chi connectivity index (χ2n) is 6.55. The van der Waals surface area contributed by atoms with Crippen molar-refractivity contribution in [2.24, 2.45) is 0 Å². The molecule has 2 aromatic carbocycles. The highest BCUT2D eigenvalue weighted by atomic mass is 19.1. The molecule has 8 heteroatoms. The molecule has 2 N–H and O–H groups in total. The van der Waals surface area contributed by atoms with Crippen LogP contribution in [0.25, 0.3) is 0 Å². The molecule has 0 saturated carbocycles. The van der Waals surface area contributed by atoms with Crippen molar-refractivity contribution in [3.8, 4) is 5.75 Å². The maximum Gasteiger partial charge on any atom is 0.326 e. The summed E-state index contributed by atoms with van der Waals surface area (Å²) in [5.41, 5.74) is 1.08. The molecule has 0 aliphatic heterocycles. The van der Waals surface area contributed by atoms with Crippen LogP contribution in [0.15, 0.2) is 48.5 Å². The van der Waals surface area contributed by atoms with Crippen LogP contribution in [0, 0.1) is 5.82 Å². The van der Waals surface area contributed by atoms with Gasteiger partial charge in [0.2, 0.25) is 0 Å². The number of hydrogen-bond donors (Lipinski definition) is 2. The van der Waals surface area contributed by atoms with Crippen molar-refractivity contribution in [1.29, 1.82) is 0 Å². The van der Waals surface area contributed by atoms with Gasteiger partial charge in [0.25, 0.3) is 11.8 Å². The molecule has 30 heavy (non-hydrogen) atoms. The van der Waals surface area contributed by atoms with Gasteiger partial charge in [0, 0.05) is 5.56 Å². The zero-order chi connectivity index (χ0) is 22.1. The number of halogens is 1. The lowest BCUT2D eigenvalue weighted by atomic mass is 10.1. The molecule has 0 fully saturated rings. The van der Waals surface area contributed by atoms with Crippen LogP contribution in [0.5, 0.6) is 5.75 Å². The Labute approximate surface area is 174 Å². The van der Waals surface area contributed by atoms with Crippen molar-refractivity contribution in [2.45, 2.75) is 32.9 Å². The van der Waals surface area contributed by atoms with Crippen molar-refractivity contribution >= 4 is 17.8 Å². The molecule has 2 amide bonds. The number of esters is 1. The predicted octanol–water partition coefficient (Wildman–Crippen LogP) is 2.76. The van der Waals surface area contributed by atoms with E-state index in [9.17, 15) is 18.8 Å². The van der Waals surface area contributed by atoms with E-state index < -0.39 is 29.9 Å². The van der Waals surface area contributed by atoms with Gasteiger partial charge in [-0.1, -0.05) is 12.1 Å². The summed E-state index contributed by atoms with van der Waals surface area (Å²) in [6.07, 6.45) is -1.05. The summed E-state index contributed by atoms with van der Waals surface area (Å²) in [7, 11) is 0. The average Bonchev–Trinajstić information content (AvgIpc) is 2.73. The minimum absolute atomic E-state index is 0.366. The van der Waals surface area contributed by atoms with E-state index in [1.165, 1.54) is 19.1 Å². The molecule has 0 bridgehead atoms. The van der Waals surface area contributed by atoms with Gasteiger partial charge in [0.1, 0.15) is 18.1 Å². The minimum atomic E-state index is -1.05. The van der Waals surface area contributed by atoms with Gasteiger partial charge < -0.3 is 20.1 Å². The van der Waals surface area contributed by atoms with E-state index >= 15 is 0 Å². The first-order valence-corrected chi connectivity index (χ1v) is 9.56. The molecule has 0 unspecified atom stereocenters. The van der Waals surface area contributed by atoms with Crippen LogP contribution < -0.4 is 15.4 Å². The van der Waals surface area contributed by atoms with Gasteiger partial charge in [-0.25, -0.2) is 4.39 Å². The Morgan fingerprint density at radius 2 is 1.63 bits per heavy atom. The highest BCUT2D eigenvalue weighted by Gasteiger charge is 2.20. The SMILES string of the molecule is CCOc1ccc(C(=O)NCC(=O)O[C@H](C)C(=O)N[C@@H](C)c2ccc(F)cc2)cc1. The average molecular weight is 416 g/mol. The molecule has 0 aliphatic rings. The lowest BCUT2D eigenvalue weighted by Gasteiger charge is -2.18. The van der Waals surface area contributed by atoms with Crippen molar-refractivity contribution in [3.05, 3.63) is 65.5 Å². The van der Waals surface area contributed by atoms with E-state index in [0.717, 1.165) is 0 Å². The maximum atomic E-state index is 13.0. The van der Waals surface area contributed by atoms with E-state index in [-0.39, 0.29) is 12.4 Å². The quantitative estimate of drug-likeness (QED) is 0.613. The Morgan fingerprint density at radius 1 is 1.00 bits per heavy atom. The molecule has 160 valence electrons. The minimum Gasteiger partial charge on any atom is -0.494 e. The molecule has 7 nitrogen and oxygen atoms in total. The standard InChI is InChI=1S/C22H25FN2O5/c1-4-29-19-11-7-17(8-12-19)22(28)24-13-20(26)30-15(3)21(27)25-14(2)16-5-9-18(23)10-6-16/h5-12,14-15H,4,13H2,1-3H3,(H,24,28)(H,25,27)/t14-,15+/m0/s1. The van der Waals surface area contributed by atoms with Crippen LogP contribution in [0.4, 0.5) is 4.39 Å². The molecule has 0 radical (unpaired) electrons. The molecule has 0 aliphatic carbocycles. The van der Waals surface area contributed by atoms with Gasteiger partial charge in [0.05, 0.1) is 12.6 Å². The number of ether oxygens (including phenoxy) is 2. The molecule has 0 aromatic heterocycles. The fourth-order valence-electron chi connectivity index (χ4n) is 2.58. The van der Waals surface area contributed by atoms with E-state index in [2.05, 4.69) is 10.6 Å². The first-order valence-electron chi connectivity index (χ1n) is 9.56. The third-order valence-electron chi connectivity index (χ3n) is 4.23. The van der Waals surface area contributed by atoms with Gasteiger partial charge in [-0.15, -0.1) is 0 Å². The van der Waals surface area contributed by atoms with E-state index in [1.807, 2.05) is 6.92 Å². The third-order valence-corrected chi connectivity index (χ3v) is 4.23. The topological polar surface area (TPSA) is 93.7 Å². The van der Waals surface area contributed by atoms with Crippen molar-refractivity contribution < 1.29 is 28.2 Å². The normalized spacial score (nSPS) is 12.4. The Morgan fingerprint density at radius 3 is 2.23 bits per heavy atom. The van der Waals surface area contributed by atoms with Crippen LogP contribution >= 0.6 is 0 Å². The summed E-state index contributed by atoms with van der Waals surface area (Å²) in [6, 6.07) is 11.8. The molecular formula is C22H25FN2O5. The first kappa shape index (κ1) is 22.9. The van der Waals surface area contributed by atoms with Gasteiger partial charge in [-0.05, 0) is 62.7 Å². The number of nitrogens with one attached hydrogen (secondary N) is 2. The summed E-state index contributed by atoms with van der Waals surface area (Å²) < 4.78 is 23.4. The highest BCUT2D eigenvalue weighted by Crippen LogP contribution is 2.13. The molecule has 2 atom stereocenters. The number of benzene rings is 2. The molecule has 0 heterocycles. The van der Waals surface area contributed by atoms with Crippen LogP contribution in [0.3, 0.4) is 0 Å². The maximum absolute atomic E-state index is 13.0. The van der Waals surface area contributed by atoms with Gasteiger partial charge in [-0.3, -0.25) is 14.4 Å². The van der Waals surface area contributed by atoms with Crippen LogP contribution in [-0.4, -0.2) is 37.0 Å². The van der Waals surface area contributed by atoms with Crippen LogP contribution in [0.2, 0.25) is 0 Å². The summed E-state index contributed by atoms with van der Waals surface area (Å²) in [4.78, 5) is 36.3. The lowest BCUT2D eigenvalue weighted by Crippen LogP contribution is -2.39. The molecule has 2 aromatic rings. The number of carbonyl (C=O) groups is 3. The molecule has 0 saturated heterocycles. The lowest BCUT2D eigenvalue weighted by molar-refractivity contribution is -0.154. The summed E-state index contributed by atoms with van der Waals surface area (Å²) in [5.74, 6) is -1.42. The summed E-state index contributed by atoms with van der Waals surface area (Å²) in [5, 5.41) is 5.13. The predicted molar refractivity (Wildman–Crippen MR) is 108 cm³/mol. The Bertz CT molecular complexity index is 868. The molecule has 2 rings (SSSR count).